The minimum absolute atomic E-state index is 0.0412. The number of halogens is 3. The van der Waals surface area contributed by atoms with E-state index in [-0.39, 0.29) is 28.7 Å². The number of thiazole rings is 1. The Morgan fingerprint density at radius 3 is 2.50 bits per heavy atom. The largest absolute Gasteiger partial charge is 0.435 e. The summed E-state index contributed by atoms with van der Waals surface area (Å²) in [5, 5.41) is 11.2. The monoisotopic (exact) mass is 531 g/mol. The quantitative estimate of drug-likeness (QED) is 0.293. The molecule has 1 aliphatic rings. The molecule has 0 radical (unpaired) electrons. The van der Waals surface area contributed by atoms with Crippen molar-refractivity contribution < 1.29 is 22.8 Å². The second-order valence-corrected chi connectivity index (χ2v) is 9.38. The van der Waals surface area contributed by atoms with Crippen LogP contribution in [-0.4, -0.2) is 32.2 Å². The van der Waals surface area contributed by atoms with Crippen molar-refractivity contribution in [1.29, 1.82) is 0 Å². The van der Waals surface area contributed by atoms with E-state index in [9.17, 15) is 22.8 Å². The average molecular weight is 532 g/mol. The minimum Gasteiger partial charge on any atom is -0.294 e. The van der Waals surface area contributed by atoms with Crippen LogP contribution in [0.4, 0.5) is 13.2 Å². The second-order valence-electron chi connectivity index (χ2n) is 8.55. The summed E-state index contributed by atoms with van der Waals surface area (Å²) in [6, 6.07) is 20.7. The highest BCUT2D eigenvalue weighted by Crippen LogP contribution is 2.34. The number of ketones is 1. The van der Waals surface area contributed by atoms with Gasteiger partial charge in [-0.25, -0.2) is 15.1 Å². The Bertz CT molecular complexity index is 1770. The molecule has 0 saturated carbocycles. The number of hydrogen-bond donors (Lipinski definition) is 1. The van der Waals surface area contributed by atoms with Gasteiger partial charge in [0, 0.05) is 22.1 Å². The van der Waals surface area contributed by atoms with Gasteiger partial charge in [-0.15, -0.1) is 11.3 Å². The van der Waals surface area contributed by atoms with Gasteiger partial charge in [-0.1, -0.05) is 60.7 Å². The highest BCUT2D eigenvalue weighted by atomic mass is 32.1. The number of hydrazone groups is 1. The first-order valence-corrected chi connectivity index (χ1v) is 12.3. The Morgan fingerprint density at radius 2 is 1.71 bits per heavy atom. The molecule has 1 amide bonds. The zero-order valence-corrected chi connectivity index (χ0v) is 20.2. The van der Waals surface area contributed by atoms with Gasteiger partial charge in [-0.05, 0) is 22.9 Å². The molecule has 0 saturated heterocycles. The molecule has 5 aromatic rings. The maximum atomic E-state index is 13.6. The third-order valence-corrected chi connectivity index (χ3v) is 6.93. The average Bonchev–Trinajstić information content (AvgIpc) is 3.64. The number of rotatable bonds is 4. The highest BCUT2D eigenvalue weighted by molar-refractivity contribution is 7.12. The van der Waals surface area contributed by atoms with E-state index in [4.69, 9.17) is 0 Å². The standard InChI is InChI=1S/C27H16F3N5O2S/c28-27(29,30)24-13-22(17-10-9-15-5-1-2-6-16(15)11-17)35(34-24)26-31-21(14-38-26)25(37)33-32-20-12-23(36)19-8-4-3-7-18(19)20/h1-11,13-14H,12H2,(H,33,37)/b32-20+. The maximum absolute atomic E-state index is 13.6. The van der Waals surface area contributed by atoms with Crippen molar-refractivity contribution in [2.75, 3.05) is 0 Å². The number of nitrogens with zero attached hydrogens (tertiary/aromatic N) is 4. The first-order chi connectivity index (χ1) is 18.3. The number of amides is 1. The van der Waals surface area contributed by atoms with Crippen molar-refractivity contribution in [3.05, 3.63) is 101 Å². The van der Waals surface area contributed by atoms with Crippen LogP contribution < -0.4 is 5.43 Å². The molecule has 1 aliphatic carbocycles. The lowest BCUT2D eigenvalue weighted by Gasteiger charge is -2.06. The topological polar surface area (TPSA) is 89.2 Å². The number of aromatic nitrogens is 3. The lowest BCUT2D eigenvalue weighted by molar-refractivity contribution is -0.141. The Hall–Kier alpha value is -4.64. The zero-order chi connectivity index (χ0) is 26.4. The molecular weight excluding hydrogens is 515 g/mol. The Balaban J connectivity index is 1.32. The Morgan fingerprint density at radius 1 is 0.974 bits per heavy atom. The summed E-state index contributed by atoms with van der Waals surface area (Å²) in [4.78, 5) is 29.1. The van der Waals surface area contributed by atoms with E-state index in [0.717, 1.165) is 32.9 Å². The lowest BCUT2D eigenvalue weighted by Crippen LogP contribution is -2.20. The normalized spacial score (nSPS) is 14.3. The first kappa shape index (κ1) is 23.7. The van der Waals surface area contributed by atoms with Crippen molar-refractivity contribution in [2.45, 2.75) is 12.6 Å². The molecule has 2 heterocycles. The molecular formula is C27H16F3N5O2S. The van der Waals surface area contributed by atoms with Crippen molar-refractivity contribution in [3.63, 3.8) is 0 Å². The van der Waals surface area contributed by atoms with E-state index >= 15 is 0 Å². The number of hydrogen-bond acceptors (Lipinski definition) is 6. The van der Waals surface area contributed by atoms with Crippen LogP contribution in [0.2, 0.25) is 0 Å². The molecule has 2 aromatic heterocycles. The number of carbonyl (C=O) groups excluding carboxylic acids is 2. The number of Topliss-reactive ketones (excluding diaryl/α,β-unsaturated/α-hetero) is 1. The maximum Gasteiger partial charge on any atom is 0.435 e. The fourth-order valence-corrected chi connectivity index (χ4v) is 5.05. The van der Waals surface area contributed by atoms with Gasteiger partial charge >= 0.3 is 6.18 Å². The first-order valence-electron chi connectivity index (χ1n) is 11.4. The van der Waals surface area contributed by atoms with Crippen LogP contribution in [0.3, 0.4) is 0 Å². The fraction of sp³-hybridized carbons (Fsp3) is 0.0741. The molecule has 0 unspecified atom stereocenters. The van der Waals surface area contributed by atoms with E-state index in [1.165, 1.54) is 5.38 Å². The number of benzene rings is 3. The molecule has 1 N–H and O–H groups in total. The third kappa shape index (κ3) is 4.26. The molecule has 3 aromatic carbocycles. The molecule has 11 heteroatoms. The molecule has 0 spiro atoms. The summed E-state index contributed by atoms with van der Waals surface area (Å²) in [7, 11) is 0. The third-order valence-electron chi connectivity index (χ3n) is 6.11. The van der Waals surface area contributed by atoms with Gasteiger partial charge in [-0.3, -0.25) is 9.59 Å². The van der Waals surface area contributed by atoms with Gasteiger partial charge in [-0.2, -0.15) is 23.4 Å². The van der Waals surface area contributed by atoms with Crippen LogP contribution in [-0.2, 0) is 6.18 Å². The number of fused-ring (bicyclic) bond motifs is 2. The van der Waals surface area contributed by atoms with Crippen molar-refractivity contribution in [1.82, 2.24) is 20.2 Å². The van der Waals surface area contributed by atoms with Gasteiger partial charge in [0.1, 0.15) is 5.69 Å². The molecule has 7 nitrogen and oxygen atoms in total. The van der Waals surface area contributed by atoms with Crippen molar-refractivity contribution >= 4 is 39.5 Å². The predicted octanol–water partition coefficient (Wildman–Crippen LogP) is 5.89. The number of carbonyl (C=O) groups is 2. The van der Waals surface area contributed by atoms with E-state index < -0.39 is 17.8 Å². The summed E-state index contributed by atoms with van der Waals surface area (Å²) in [6.45, 7) is 0. The summed E-state index contributed by atoms with van der Waals surface area (Å²) in [5.41, 5.74) is 3.60. The van der Waals surface area contributed by atoms with Gasteiger partial charge in [0.15, 0.2) is 11.5 Å². The molecule has 0 bridgehead atoms. The highest BCUT2D eigenvalue weighted by Gasteiger charge is 2.36. The molecule has 6 rings (SSSR count). The van der Waals surface area contributed by atoms with Gasteiger partial charge in [0.05, 0.1) is 17.8 Å². The number of nitrogens with one attached hydrogen (secondary N) is 1. The van der Waals surface area contributed by atoms with Crippen LogP contribution in [0.15, 0.2) is 83.3 Å². The fourth-order valence-electron chi connectivity index (χ4n) is 4.28. The Kier molecular flexibility index (Phi) is 5.64. The molecule has 0 aliphatic heterocycles. The molecule has 188 valence electrons. The summed E-state index contributed by atoms with van der Waals surface area (Å²) in [5.74, 6) is -0.753. The Labute approximate surface area is 217 Å². The zero-order valence-electron chi connectivity index (χ0n) is 19.4. The van der Waals surface area contributed by atoms with Crippen molar-refractivity contribution in [2.24, 2.45) is 5.10 Å². The van der Waals surface area contributed by atoms with Gasteiger partial charge in [0.2, 0.25) is 5.13 Å². The minimum atomic E-state index is -4.67. The van der Waals surface area contributed by atoms with Crippen LogP contribution in [0, 0.1) is 0 Å². The van der Waals surface area contributed by atoms with E-state index in [0.29, 0.717) is 22.4 Å². The summed E-state index contributed by atoms with van der Waals surface area (Å²) < 4.78 is 41.8. The van der Waals surface area contributed by atoms with Gasteiger partial charge in [0.25, 0.3) is 5.91 Å². The SMILES string of the molecule is O=C(N/N=C1\CC(=O)c2ccccc21)c1csc(-n2nc(C(F)(F)F)cc2-c2ccc3ccccc3c2)n1. The molecule has 0 fully saturated rings. The van der Waals surface area contributed by atoms with Crippen molar-refractivity contribution in [3.8, 4) is 16.4 Å². The smallest absolute Gasteiger partial charge is 0.294 e. The van der Waals surface area contributed by atoms with E-state index in [1.54, 1.807) is 36.4 Å². The van der Waals surface area contributed by atoms with E-state index in [1.807, 2.05) is 30.3 Å². The van der Waals surface area contributed by atoms with E-state index in [2.05, 4.69) is 20.6 Å². The van der Waals surface area contributed by atoms with Gasteiger partial charge < -0.3 is 0 Å². The predicted molar refractivity (Wildman–Crippen MR) is 137 cm³/mol. The summed E-state index contributed by atoms with van der Waals surface area (Å²) in [6.07, 6.45) is -4.61. The molecule has 0 atom stereocenters. The number of alkyl halides is 3. The van der Waals surface area contributed by atoms with Crippen LogP contribution in [0.1, 0.15) is 38.5 Å². The molecule has 38 heavy (non-hydrogen) atoms. The lowest BCUT2D eigenvalue weighted by atomic mass is 10.0. The van der Waals surface area contributed by atoms with Crippen LogP contribution >= 0.6 is 11.3 Å². The van der Waals surface area contributed by atoms with Crippen LogP contribution in [0.5, 0.6) is 0 Å². The second kappa shape index (κ2) is 9.03. The summed E-state index contributed by atoms with van der Waals surface area (Å²) >= 11 is 0.973. The van der Waals surface area contributed by atoms with Crippen LogP contribution in [0.25, 0.3) is 27.2 Å².